The first-order valence-corrected chi connectivity index (χ1v) is 13.3. The molecular formula is C33H30FNO4. The minimum Gasteiger partial charge on any atom is -0.492 e. The van der Waals surface area contributed by atoms with Crippen molar-refractivity contribution in [3.63, 3.8) is 0 Å². The van der Waals surface area contributed by atoms with E-state index in [1.165, 1.54) is 0 Å². The Hall–Kier alpha value is -4.19. The minimum absolute atomic E-state index is 0.0263. The van der Waals surface area contributed by atoms with Gasteiger partial charge in [-0.25, -0.2) is 4.39 Å². The molecule has 0 fully saturated rings. The standard InChI is InChI=1S/C33H30FNO4/c1-18-5-4-12-35-33(18)21-13-19(2)31(20(3)14-21)25-8-10-27(34)32-26(25)9-11-28(32)39-23-6-7-24-22(15-30(36)37)17-38-29(24)16-23/h4-8,10,12-14,16,22,28H,9,11,15,17H2,1-3H3,(H,36,37)/t22-,28-/m1/s1. The number of nitrogens with zero attached hydrogens (tertiary/aromatic N) is 1. The molecule has 1 aromatic heterocycles. The van der Waals surface area contributed by atoms with Crippen LogP contribution in [-0.2, 0) is 11.2 Å². The van der Waals surface area contributed by atoms with E-state index in [2.05, 4.69) is 44.0 Å². The predicted molar refractivity (Wildman–Crippen MR) is 148 cm³/mol. The van der Waals surface area contributed by atoms with Crippen LogP contribution >= 0.6 is 0 Å². The Labute approximate surface area is 227 Å². The first-order chi connectivity index (χ1) is 18.8. The number of carboxylic acid groups (broad SMARTS) is 1. The number of aromatic nitrogens is 1. The van der Waals surface area contributed by atoms with E-state index in [-0.39, 0.29) is 18.2 Å². The van der Waals surface area contributed by atoms with E-state index < -0.39 is 12.1 Å². The van der Waals surface area contributed by atoms with Gasteiger partial charge in [0.15, 0.2) is 0 Å². The predicted octanol–water partition coefficient (Wildman–Crippen LogP) is 7.50. The monoisotopic (exact) mass is 523 g/mol. The van der Waals surface area contributed by atoms with Crippen molar-refractivity contribution in [2.75, 3.05) is 6.61 Å². The van der Waals surface area contributed by atoms with Crippen LogP contribution in [0.15, 0.2) is 60.8 Å². The Bertz CT molecular complexity index is 1590. The lowest BCUT2D eigenvalue weighted by Crippen LogP contribution is -2.07. The zero-order valence-electron chi connectivity index (χ0n) is 22.3. The molecule has 4 aromatic rings. The summed E-state index contributed by atoms with van der Waals surface area (Å²) in [4.78, 5) is 15.7. The van der Waals surface area contributed by atoms with Crippen molar-refractivity contribution in [1.82, 2.24) is 4.98 Å². The molecule has 0 unspecified atom stereocenters. The van der Waals surface area contributed by atoms with Crippen molar-refractivity contribution in [2.45, 2.75) is 52.1 Å². The molecule has 2 atom stereocenters. The third-order valence-electron chi connectivity index (χ3n) is 7.93. The molecule has 6 rings (SSSR count). The summed E-state index contributed by atoms with van der Waals surface area (Å²) >= 11 is 0. The molecule has 0 saturated heterocycles. The third kappa shape index (κ3) is 4.54. The Kier molecular flexibility index (Phi) is 6.34. The maximum absolute atomic E-state index is 15.3. The molecule has 0 bridgehead atoms. The molecule has 1 aliphatic heterocycles. The van der Waals surface area contributed by atoms with Crippen LogP contribution < -0.4 is 9.47 Å². The Morgan fingerprint density at radius 1 is 1.08 bits per heavy atom. The van der Waals surface area contributed by atoms with Gasteiger partial charge in [0.2, 0.25) is 0 Å². The van der Waals surface area contributed by atoms with Crippen molar-refractivity contribution in [3.05, 3.63) is 100.0 Å². The lowest BCUT2D eigenvalue weighted by molar-refractivity contribution is -0.137. The Balaban J connectivity index is 1.32. The summed E-state index contributed by atoms with van der Waals surface area (Å²) in [7, 11) is 0. The van der Waals surface area contributed by atoms with Gasteiger partial charge in [-0.3, -0.25) is 9.78 Å². The average Bonchev–Trinajstić information content (AvgIpc) is 3.49. The highest BCUT2D eigenvalue weighted by molar-refractivity contribution is 5.79. The normalized spacial score (nSPS) is 17.4. The molecule has 0 radical (unpaired) electrons. The number of fused-ring (bicyclic) bond motifs is 2. The minimum atomic E-state index is -0.849. The first kappa shape index (κ1) is 25.1. The molecule has 39 heavy (non-hydrogen) atoms. The second-order valence-corrected chi connectivity index (χ2v) is 10.6. The highest BCUT2D eigenvalue weighted by Gasteiger charge is 2.32. The summed E-state index contributed by atoms with van der Waals surface area (Å²) in [5.74, 6) is -0.0440. The smallest absolute Gasteiger partial charge is 0.304 e. The second kappa shape index (κ2) is 9.84. The molecule has 198 valence electrons. The summed E-state index contributed by atoms with van der Waals surface area (Å²) in [6.07, 6.45) is 2.82. The lowest BCUT2D eigenvalue weighted by Gasteiger charge is -2.19. The van der Waals surface area contributed by atoms with Gasteiger partial charge >= 0.3 is 5.97 Å². The van der Waals surface area contributed by atoms with Gasteiger partial charge in [-0.15, -0.1) is 0 Å². The van der Waals surface area contributed by atoms with Crippen LogP contribution in [0.4, 0.5) is 4.39 Å². The van der Waals surface area contributed by atoms with Gasteiger partial charge in [0.1, 0.15) is 23.4 Å². The maximum atomic E-state index is 15.3. The zero-order valence-corrected chi connectivity index (χ0v) is 22.3. The van der Waals surface area contributed by atoms with Gasteiger partial charge in [-0.2, -0.15) is 0 Å². The number of aliphatic carboxylic acids is 1. The number of aryl methyl sites for hydroxylation is 3. The average molecular weight is 524 g/mol. The molecule has 0 saturated carbocycles. The van der Waals surface area contributed by atoms with Crippen LogP contribution in [0.1, 0.15) is 58.2 Å². The van der Waals surface area contributed by atoms with Crippen LogP contribution in [0.2, 0.25) is 0 Å². The second-order valence-electron chi connectivity index (χ2n) is 10.6. The highest BCUT2D eigenvalue weighted by Crippen LogP contribution is 2.45. The van der Waals surface area contributed by atoms with Gasteiger partial charge < -0.3 is 14.6 Å². The van der Waals surface area contributed by atoms with Gasteiger partial charge in [-0.05, 0) is 97.3 Å². The summed E-state index contributed by atoms with van der Waals surface area (Å²) < 4.78 is 27.4. The highest BCUT2D eigenvalue weighted by atomic mass is 19.1. The fourth-order valence-corrected chi connectivity index (χ4v) is 6.21. The number of carboxylic acids is 1. The fourth-order valence-electron chi connectivity index (χ4n) is 6.21. The Morgan fingerprint density at radius 3 is 2.62 bits per heavy atom. The van der Waals surface area contributed by atoms with Crippen molar-refractivity contribution >= 4 is 5.97 Å². The third-order valence-corrected chi connectivity index (χ3v) is 7.93. The van der Waals surface area contributed by atoms with E-state index in [0.717, 1.165) is 56.6 Å². The van der Waals surface area contributed by atoms with Crippen molar-refractivity contribution in [2.24, 2.45) is 0 Å². The van der Waals surface area contributed by atoms with E-state index >= 15 is 4.39 Å². The first-order valence-electron chi connectivity index (χ1n) is 13.3. The zero-order chi connectivity index (χ0) is 27.3. The summed E-state index contributed by atoms with van der Waals surface area (Å²) in [6, 6.07) is 17.3. The topological polar surface area (TPSA) is 68.7 Å². The van der Waals surface area contributed by atoms with Gasteiger partial charge in [0.25, 0.3) is 0 Å². The van der Waals surface area contributed by atoms with E-state index in [1.54, 1.807) is 12.1 Å². The molecule has 6 heteroatoms. The molecular weight excluding hydrogens is 493 g/mol. The molecule has 0 spiro atoms. The molecule has 1 aliphatic carbocycles. The number of halogens is 1. The number of ether oxygens (including phenoxy) is 2. The number of hydrogen-bond acceptors (Lipinski definition) is 4. The summed E-state index contributed by atoms with van der Waals surface area (Å²) in [5, 5.41) is 9.16. The van der Waals surface area contributed by atoms with Crippen LogP contribution in [0.5, 0.6) is 11.5 Å². The summed E-state index contributed by atoms with van der Waals surface area (Å²) in [6.45, 7) is 6.61. The maximum Gasteiger partial charge on any atom is 0.304 e. The van der Waals surface area contributed by atoms with Crippen molar-refractivity contribution < 1.29 is 23.8 Å². The van der Waals surface area contributed by atoms with Crippen LogP contribution in [0.25, 0.3) is 22.4 Å². The van der Waals surface area contributed by atoms with E-state index in [0.29, 0.717) is 30.1 Å². The number of pyridine rings is 1. The molecule has 1 N–H and O–H groups in total. The number of benzene rings is 3. The molecule has 2 heterocycles. The number of carbonyl (C=O) groups is 1. The molecule has 5 nitrogen and oxygen atoms in total. The van der Waals surface area contributed by atoms with Crippen LogP contribution in [0, 0.1) is 26.6 Å². The lowest BCUT2D eigenvalue weighted by atomic mass is 9.88. The van der Waals surface area contributed by atoms with Crippen LogP contribution in [0.3, 0.4) is 0 Å². The Morgan fingerprint density at radius 2 is 1.87 bits per heavy atom. The van der Waals surface area contributed by atoms with Crippen LogP contribution in [-0.4, -0.2) is 22.7 Å². The number of hydrogen-bond donors (Lipinski definition) is 1. The van der Waals surface area contributed by atoms with E-state index in [1.807, 2.05) is 30.5 Å². The SMILES string of the molecule is Cc1cccnc1-c1cc(C)c(-c2ccc(F)c3c2CC[C@H]3Oc2ccc3c(c2)OC[C@H]3CC(=O)O)c(C)c1. The van der Waals surface area contributed by atoms with E-state index in [4.69, 9.17) is 14.6 Å². The van der Waals surface area contributed by atoms with Gasteiger partial charge in [0, 0.05) is 34.9 Å². The largest absolute Gasteiger partial charge is 0.492 e. The molecule has 3 aromatic carbocycles. The van der Waals surface area contributed by atoms with Crippen molar-refractivity contribution in [3.8, 4) is 33.9 Å². The fraction of sp³-hybridized carbons (Fsp3) is 0.273. The number of rotatable bonds is 6. The van der Waals surface area contributed by atoms with Gasteiger partial charge in [0.05, 0.1) is 18.7 Å². The van der Waals surface area contributed by atoms with E-state index in [9.17, 15) is 4.79 Å². The van der Waals surface area contributed by atoms with Crippen molar-refractivity contribution in [1.29, 1.82) is 0 Å². The summed E-state index contributed by atoms with van der Waals surface area (Å²) in [5.41, 5.74) is 10.1. The van der Waals surface area contributed by atoms with Gasteiger partial charge in [-0.1, -0.05) is 18.2 Å². The molecule has 0 amide bonds. The molecule has 2 aliphatic rings. The quantitative estimate of drug-likeness (QED) is 0.283.